The number of nitrogens with zero attached hydrogens (tertiary/aromatic N) is 3. The van der Waals surface area contributed by atoms with Crippen molar-refractivity contribution in [2.45, 2.75) is 16.5 Å². The summed E-state index contributed by atoms with van der Waals surface area (Å²) < 4.78 is 4.91. The number of benzene rings is 1. The predicted molar refractivity (Wildman–Crippen MR) is 81.9 cm³/mol. The van der Waals surface area contributed by atoms with Crippen LogP contribution in [0.4, 0.5) is 0 Å². The Morgan fingerprint density at radius 1 is 1.29 bits per heavy atom. The molecule has 5 nitrogen and oxygen atoms in total. The fourth-order valence-electron chi connectivity index (χ4n) is 1.41. The van der Waals surface area contributed by atoms with Crippen molar-refractivity contribution in [2.75, 3.05) is 0 Å². The van der Waals surface area contributed by atoms with Crippen molar-refractivity contribution < 1.29 is 14.3 Å². The third kappa shape index (κ3) is 5.43. The number of aromatic nitrogens is 1. The molecule has 1 heterocycles. The Balaban J connectivity index is 1.91. The van der Waals surface area contributed by atoms with Crippen molar-refractivity contribution in [3.63, 3.8) is 0 Å². The lowest BCUT2D eigenvalue weighted by Crippen LogP contribution is -2.05. The first kappa shape index (κ1) is 15.3. The fraction of sp³-hybridized carbons (Fsp3) is 0.0714. The number of esters is 1. The van der Waals surface area contributed by atoms with E-state index >= 15 is 0 Å². The van der Waals surface area contributed by atoms with Gasteiger partial charge < -0.3 is 10.3 Å². The molecule has 0 radical (unpaired) electrons. The van der Waals surface area contributed by atoms with Crippen molar-refractivity contribution in [2.24, 2.45) is 0 Å². The zero-order chi connectivity index (χ0) is 14.9. The minimum absolute atomic E-state index is 0.132. The highest BCUT2D eigenvalue weighted by atomic mass is 33.1. The van der Waals surface area contributed by atoms with E-state index in [1.807, 2.05) is 42.5 Å². The Hall–Kier alpha value is -2.08. The van der Waals surface area contributed by atoms with Crippen LogP contribution in [0.15, 0.2) is 58.6 Å². The Kier molecular flexibility index (Phi) is 6.02. The number of carbonyl (C=O) groups excluding carboxylic acids is 1. The van der Waals surface area contributed by atoms with E-state index in [9.17, 15) is 4.79 Å². The average Bonchev–Trinajstić information content (AvgIpc) is 2.53. The maximum atomic E-state index is 11.1. The van der Waals surface area contributed by atoms with E-state index in [2.05, 4.69) is 9.77 Å². The predicted octanol–water partition coefficient (Wildman–Crippen LogP) is 3.22. The van der Waals surface area contributed by atoms with Crippen molar-refractivity contribution >= 4 is 33.8 Å². The van der Waals surface area contributed by atoms with Crippen molar-refractivity contribution in [3.05, 3.63) is 59.8 Å². The van der Waals surface area contributed by atoms with E-state index < -0.39 is 5.97 Å². The average molecular weight is 317 g/mol. The molecule has 2 rings (SSSR count). The molecule has 0 saturated carbocycles. The van der Waals surface area contributed by atoms with Crippen molar-refractivity contribution in [3.8, 4) is 0 Å². The van der Waals surface area contributed by atoms with E-state index in [1.165, 1.54) is 0 Å². The Bertz CT molecular complexity index is 658. The van der Waals surface area contributed by atoms with E-state index in [0.717, 1.165) is 21.7 Å². The van der Waals surface area contributed by atoms with Gasteiger partial charge in [0.15, 0.2) is 0 Å². The molecule has 0 bridgehead atoms. The smallest absolute Gasteiger partial charge is 0.413 e. The van der Waals surface area contributed by atoms with Gasteiger partial charge >= 0.3 is 12.2 Å². The van der Waals surface area contributed by atoms with Crippen LogP contribution in [0, 0.1) is 0 Å². The zero-order valence-electron chi connectivity index (χ0n) is 10.9. The van der Waals surface area contributed by atoms with Crippen LogP contribution in [0.25, 0.3) is 5.53 Å². The number of ether oxygens (including phenoxy) is 1. The third-order valence-electron chi connectivity index (χ3n) is 2.30. The van der Waals surface area contributed by atoms with E-state index in [4.69, 9.17) is 10.3 Å². The molecule has 2 aromatic rings. The van der Waals surface area contributed by atoms with Gasteiger partial charge in [-0.2, -0.15) is 4.79 Å². The van der Waals surface area contributed by atoms with Crippen LogP contribution in [0.3, 0.4) is 0 Å². The van der Waals surface area contributed by atoms with Gasteiger partial charge in [-0.15, -0.1) is 0 Å². The quantitative estimate of drug-likeness (QED) is 0.269. The van der Waals surface area contributed by atoms with Crippen LogP contribution in [0.5, 0.6) is 0 Å². The highest BCUT2D eigenvalue weighted by Gasteiger charge is 2.05. The van der Waals surface area contributed by atoms with Crippen LogP contribution >= 0.6 is 21.6 Å². The number of hydrogen-bond acceptors (Lipinski definition) is 5. The monoisotopic (exact) mass is 317 g/mol. The van der Waals surface area contributed by atoms with Gasteiger partial charge in [-0.05, 0) is 40.6 Å². The highest BCUT2D eigenvalue weighted by Crippen LogP contribution is 2.36. The van der Waals surface area contributed by atoms with E-state index in [0.29, 0.717) is 0 Å². The van der Waals surface area contributed by atoms with Crippen LogP contribution in [0.1, 0.15) is 5.56 Å². The second-order valence-corrected chi connectivity index (χ2v) is 6.06. The number of hydrogen-bond donors (Lipinski definition) is 0. The molecule has 0 atom stereocenters. The van der Waals surface area contributed by atoms with Crippen molar-refractivity contribution in [1.82, 2.24) is 4.98 Å². The molecule has 0 amide bonds. The fourth-order valence-corrected chi connectivity index (χ4v) is 3.32. The standard InChI is InChI=1S/C14H11N3O2S2/c15-17-9-14(18)19-10-11-4-3-5-12(8-11)20-21-13-6-1-2-7-16-13/h1-9H,10H2. The summed E-state index contributed by atoms with van der Waals surface area (Å²) in [4.78, 5) is 18.9. The number of pyridine rings is 1. The molecule has 21 heavy (non-hydrogen) atoms. The number of carbonyl (C=O) groups is 1. The molecular formula is C14H11N3O2S2. The lowest BCUT2D eigenvalue weighted by molar-refractivity contribution is -0.140. The largest absolute Gasteiger partial charge is 0.452 e. The molecule has 0 N–H and O–H groups in total. The first-order chi connectivity index (χ1) is 10.3. The van der Waals surface area contributed by atoms with E-state index in [1.54, 1.807) is 27.8 Å². The highest BCUT2D eigenvalue weighted by molar-refractivity contribution is 8.76. The van der Waals surface area contributed by atoms with Gasteiger partial charge in [-0.3, -0.25) is 0 Å². The van der Waals surface area contributed by atoms with Gasteiger partial charge in [0.2, 0.25) is 0 Å². The zero-order valence-corrected chi connectivity index (χ0v) is 12.5. The van der Waals surface area contributed by atoms with Crippen LogP contribution in [0.2, 0.25) is 0 Å². The molecule has 0 aliphatic carbocycles. The molecule has 1 aromatic heterocycles. The molecule has 0 spiro atoms. The molecule has 0 fully saturated rings. The summed E-state index contributed by atoms with van der Waals surface area (Å²) in [6.45, 7) is 0.132. The second kappa shape index (κ2) is 8.26. The first-order valence-corrected chi connectivity index (χ1v) is 8.11. The molecule has 7 heteroatoms. The SMILES string of the molecule is [N-]=[N+]=CC(=O)OCc1cccc(SSc2ccccn2)c1. The number of rotatable bonds is 6. The third-order valence-corrected chi connectivity index (χ3v) is 4.59. The molecular weight excluding hydrogens is 306 g/mol. The molecule has 106 valence electrons. The molecule has 0 unspecified atom stereocenters. The van der Waals surface area contributed by atoms with Gasteiger partial charge in [0.25, 0.3) is 0 Å². The van der Waals surface area contributed by atoms with Crippen LogP contribution < -0.4 is 0 Å². The summed E-state index contributed by atoms with van der Waals surface area (Å²) in [6.07, 6.45) is 2.47. The maximum absolute atomic E-state index is 11.1. The summed E-state index contributed by atoms with van der Waals surface area (Å²) in [7, 11) is 3.14. The van der Waals surface area contributed by atoms with Crippen molar-refractivity contribution in [1.29, 1.82) is 0 Å². The molecule has 0 aliphatic rings. The first-order valence-electron chi connectivity index (χ1n) is 5.96. The second-order valence-electron chi connectivity index (χ2n) is 3.83. The molecule has 1 aromatic carbocycles. The van der Waals surface area contributed by atoms with Crippen LogP contribution in [-0.4, -0.2) is 22.0 Å². The normalized spacial score (nSPS) is 9.71. The lowest BCUT2D eigenvalue weighted by Gasteiger charge is -2.04. The Morgan fingerprint density at radius 2 is 2.19 bits per heavy atom. The summed E-state index contributed by atoms with van der Waals surface area (Å²) >= 11 is 0. The lowest BCUT2D eigenvalue weighted by atomic mass is 10.2. The Morgan fingerprint density at radius 3 is 2.95 bits per heavy atom. The van der Waals surface area contributed by atoms with E-state index in [-0.39, 0.29) is 6.61 Å². The minimum atomic E-state index is -0.682. The summed E-state index contributed by atoms with van der Waals surface area (Å²) in [6, 6.07) is 13.4. The van der Waals surface area contributed by atoms with Crippen LogP contribution in [-0.2, 0) is 16.1 Å². The summed E-state index contributed by atoms with van der Waals surface area (Å²) in [5.74, 6) is -0.682. The topological polar surface area (TPSA) is 75.6 Å². The van der Waals surface area contributed by atoms with Gasteiger partial charge in [0.1, 0.15) is 11.6 Å². The van der Waals surface area contributed by atoms with Gasteiger partial charge in [-0.1, -0.05) is 29.0 Å². The van der Waals surface area contributed by atoms with Gasteiger partial charge in [0.05, 0.1) is 0 Å². The Labute approximate surface area is 129 Å². The molecule has 0 saturated heterocycles. The summed E-state index contributed by atoms with van der Waals surface area (Å²) in [5, 5.41) is 0.929. The maximum Gasteiger partial charge on any atom is 0.413 e. The van der Waals surface area contributed by atoms with Gasteiger partial charge in [0, 0.05) is 11.1 Å². The molecule has 0 aliphatic heterocycles. The summed E-state index contributed by atoms with van der Waals surface area (Å²) in [5.41, 5.74) is 9.08. The van der Waals surface area contributed by atoms with Gasteiger partial charge in [-0.25, -0.2) is 9.78 Å². The minimum Gasteiger partial charge on any atom is -0.452 e.